The molecule has 0 aliphatic heterocycles. The maximum absolute atomic E-state index is 11.7. The van der Waals surface area contributed by atoms with E-state index in [0.29, 0.717) is 0 Å². The Kier molecular flexibility index (Phi) is 5.57. The lowest BCUT2D eigenvalue weighted by atomic mass is 10.2. The fourth-order valence-corrected chi connectivity index (χ4v) is 1.54. The van der Waals surface area contributed by atoms with Crippen LogP contribution in [0, 0.1) is 5.92 Å². The fourth-order valence-electron chi connectivity index (χ4n) is 1.21. The summed E-state index contributed by atoms with van der Waals surface area (Å²) < 4.78 is -1.64. The van der Waals surface area contributed by atoms with Crippen molar-refractivity contribution in [1.29, 1.82) is 0 Å². The van der Waals surface area contributed by atoms with Crippen molar-refractivity contribution in [2.24, 2.45) is 5.92 Å². The zero-order valence-electron chi connectivity index (χ0n) is 10.1. The van der Waals surface area contributed by atoms with Gasteiger partial charge in [-0.2, -0.15) is 0 Å². The van der Waals surface area contributed by atoms with Crippen molar-refractivity contribution in [2.45, 2.75) is 23.8 Å². The van der Waals surface area contributed by atoms with Crippen LogP contribution in [0.4, 0.5) is 5.69 Å². The van der Waals surface area contributed by atoms with Gasteiger partial charge >= 0.3 is 0 Å². The summed E-state index contributed by atoms with van der Waals surface area (Å²) in [5.74, 6) is -0.368. The third-order valence-corrected chi connectivity index (χ3v) is 2.88. The van der Waals surface area contributed by atoms with Crippen molar-refractivity contribution in [3.05, 3.63) is 30.3 Å². The summed E-state index contributed by atoms with van der Waals surface area (Å²) in [6.07, 6.45) is -0.792. The Morgan fingerprint density at radius 1 is 1.17 bits per heavy atom. The molecular formula is C12H15Cl3N2O. The third-order valence-electron chi connectivity index (χ3n) is 2.22. The van der Waals surface area contributed by atoms with Crippen molar-refractivity contribution in [3.8, 4) is 0 Å². The van der Waals surface area contributed by atoms with Crippen LogP contribution in [0.25, 0.3) is 0 Å². The van der Waals surface area contributed by atoms with Gasteiger partial charge in [0, 0.05) is 11.6 Å². The highest BCUT2D eigenvalue weighted by atomic mass is 35.6. The van der Waals surface area contributed by atoms with Crippen LogP contribution >= 0.6 is 34.8 Å². The second-order valence-corrected chi connectivity index (χ2v) is 6.52. The second kappa shape index (κ2) is 6.50. The van der Waals surface area contributed by atoms with Crippen molar-refractivity contribution >= 4 is 46.4 Å². The molecule has 6 heteroatoms. The predicted molar refractivity (Wildman–Crippen MR) is 77.1 cm³/mol. The zero-order valence-corrected chi connectivity index (χ0v) is 12.4. The summed E-state index contributed by atoms with van der Waals surface area (Å²) in [4.78, 5) is 11.7. The summed E-state index contributed by atoms with van der Waals surface area (Å²) in [6, 6.07) is 9.22. The van der Waals surface area contributed by atoms with E-state index in [1.807, 2.05) is 30.3 Å². The van der Waals surface area contributed by atoms with Crippen LogP contribution in [-0.4, -0.2) is 15.9 Å². The monoisotopic (exact) mass is 308 g/mol. The number of nitrogens with one attached hydrogen (secondary N) is 2. The van der Waals surface area contributed by atoms with Gasteiger partial charge in [0.25, 0.3) is 0 Å². The van der Waals surface area contributed by atoms with Crippen molar-refractivity contribution in [3.63, 3.8) is 0 Å². The number of hydrogen-bond donors (Lipinski definition) is 2. The molecule has 2 N–H and O–H groups in total. The quantitative estimate of drug-likeness (QED) is 0.659. The average Bonchev–Trinajstić information content (AvgIpc) is 2.28. The number of amides is 1. The first-order chi connectivity index (χ1) is 8.30. The van der Waals surface area contributed by atoms with Gasteiger partial charge in [0.2, 0.25) is 9.70 Å². The van der Waals surface area contributed by atoms with Crippen LogP contribution in [-0.2, 0) is 4.79 Å². The zero-order chi connectivity index (χ0) is 13.8. The van der Waals surface area contributed by atoms with E-state index in [9.17, 15) is 4.79 Å². The Hall–Kier alpha value is -0.640. The van der Waals surface area contributed by atoms with Gasteiger partial charge in [-0.05, 0) is 12.1 Å². The molecule has 0 aromatic heterocycles. The summed E-state index contributed by atoms with van der Waals surface area (Å²) in [5, 5.41) is 5.64. The van der Waals surface area contributed by atoms with Gasteiger partial charge in [0.05, 0.1) is 0 Å². The number of alkyl halides is 3. The standard InChI is InChI=1S/C12H15Cl3N2O/c1-8(2)10(18)17-11(12(13,14)15)16-9-6-4-3-5-7-9/h3-8,11,16H,1-2H3,(H,17,18). The molecule has 18 heavy (non-hydrogen) atoms. The van der Waals surface area contributed by atoms with E-state index in [-0.39, 0.29) is 11.8 Å². The van der Waals surface area contributed by atoms with Crippen molar-refractivity contribution in [2.75, 3.05) is 5.32 Å². The van der Waals surface area contributed by atoms with E-state index in [2.05, 4.69) is 10.6 Å². The van der Waals surface area contributed by atoms with Gasteiger partial charge in [-0.1, -0.05) is 66.8 Å². The number of halogens is 3. The average molecular weight is 310 g/mol. The van der Waals surface area contributed by atoms with E-state index in [4.69, 9.17) is 34.8 Å². The first kappa shape index (κ1) is 15.4. The molecule has 0 bridgehead atoms. The Bertz CT molecular complexity index is 390. The predicted octanol–water partition coefficient (Wildman–Crippen LogP) is 3.57. The molecule has 0 heterocycles. The molecule has 1 rings (SSSR count). The molecule has 1 aromatic carbocycles. The molecule has 0 spiro atoms. The molecule has 0 aliphatic carbocycles. The van der Waals surface area contributed by atoms with E-state index >= 15 is 0 Å². The lowest BCUT2D eigenvalue weighted by molar-refractivity contribution is -0.124. The summed E-state index contributed by atoms with van der Waals surface area (Å²) in [5.41, 5.74) is 0.762. The third kappa shape index (κ3) is 4.92. The number of hydrogen-bond acceptors (Lipinski definition) is 2. The molecule has 1 atom stereocenters. The second-order valence-electron chi connectivity index (χ2n) is 4.15. The molecule has 0 saturated carbocycles. The highest BCUT2D eigenvalue weighted by molar-refractivity contribution is 6.68. The SMILES string of the molecule is CC(C)C(=O)NC(Nc1ccccc1)C(Cl)(Cl)Cl. The summed E-state index contributed by atoms with van der Waals surface area (Å²) >= 11 is 17.6. The molecule has 1 unspecified atom stereocenters. The highest BCUT2D eigenvalue weighted by Gasteiger charge is 2.34. The molecule has 0 fully saturated rings. The minimum atomic E-state index is -1.64. The lowest BCUT2D eigenvalue weighted by Gasteiger charge is -2.28. The van der Waals surface area contributed by atoms with Crippen LogP contribution in [0.2, 0.25) is 0 Å². The fraction of sp³-hybridized carbons (Fsp3) is 0.417. The largest absolute Gasteiger partial charge is 0.362 e. The van der Waals surface area contributed by atoms with Crippen LogP contribution in [0.15, 0.2) is 30.3 Å². The van der Waals surface area contributed by atoms with E-state index in [0.717, 1.165) is 5.69 Å². The Labute approximate surface area is 122 Å². The van der Waals surface area contributed by atoms with Gasteiger partial charge in [-0.3, -0.25) is 4.79 Å². The van der Waals surface area contributed by atoms with Gasteiger partial charge in [0.15, 0.2) is 0 Å². The minimum absolute atomic E-state index is 0.183. The summed E-state index contributed by atoms with van der Waals surface area (Å²) in [7, 11) is 0. The topological polar surface area (TPSA) is 41.1 Å². The van der Waals surface area contributed by atoms with E-state index in [1.165, 1.54) is 0 Å². The number of para-hydroxylation sites is 1. The number of rotatable bonds is 4. The first-order valence-electron chi connectivity index (χ1n) is 5.49. The minimum Gasteiger partial charge on any atom is -0.362 e. The van der Waals surface area contributed by atoms with Crippen LogP contribution in [0.1, 0.15) is 13.8 Å². The van der Waals surface area contributed by atoms with Crippen LogP contribution in [0.3, 0.4) is 0 Å². The highest BCUT2D eigenvalue weighted by Crippen LogP contribution is 2.31. The number of carbonyl (C=O) groups is 1. The van der Waals surface area contributed by atoms with Crippen molar-refractivity contribution in [1.82, 2.24) is 5.32 Å². The van der Waals surface area contributed by atoms with Gasteiger partial charge in [-0.15, -0.1) is 0 Å². The van der Waals surface area contributed by atoms with E-state index < -0.39 is 9.96 Å². The van der Waals surface area contributed by atoms with Crippen LogP contribution < -0.4 is 10.6 Å². The van der Waals surface area contributed by atoms with Gasteiger partial charge < -0.3 is 10.6 Å². The molecule has 100 valence electrons. The number of carbonyl (C=O) groups excluding carboxylic acids is 1. The molecule has 1 aromatic rings. The number of benzene rings is 1. The van der Waals surface area contributed by atoms with E-state index in [1.54, 1.807) is 13.8 Å². The maximum Gasteiger partial charge on any atom is 0.228 e. The first-order valence-corrected chi connectivity index (χ1v) is 6.63. The molecule has 0 radical (unpaired) electrons. The normalized spacial score (nSPS) is 13.2. The Morgan fingerprint density at radius 3 is 2.17 bits per heavy atom. The Balaban J connectivity index is 2.77. The maximum atomic E-state index is 11.7. The molecule has 3 nitrogen and oxygen atoms in total. The lowest BCUT2D eigenvalue weighted by Crippen LogP contribution is -2.50. The Morgan fingerprint density at radius 2 is 1.72 bits per heavy atom. The van der Waals surface area contributed by atoms with Gasteiger partial charge in [-0.25, -0.2) is 0 Å². The number of anilines is 1. The molecule has 0 saturated heterocycles. The van der Waals surface area contributed by atoms with Gasteiger partial charge in [0.1, 0.15) is 6.17 Å². The smallest absolute Gasteiger partial charge is 0.228 e. The summed E-state index contributed by atoms with van der Waals surface area (Å²) in [6.45, 7) is 3.54. The molecule has 1 amide bonds. The molecule has 0 aliphatic rings. The van der Waals surface area contributed by atoms with Crippen LogP contribution in [0.5, 0.6) is 0 Å². The molecular weight excluding hydrogens is 295 g/mol. The van der Waals surface area contributed by atoms with Crippen molar-refractivity contribution < 1.29 is 4.79 Å².